The van der Waals surface area contributed by atoms with E-state index in [1.807, 2.05) is 6.07 Å². The lowest BCUT2D eigenvalue weighted by Crippen LogP contribution is -2.46. The number of esters is 1. The Bertz CT molecular complexity index is 1090. The number of H-pyrrole nitrogens is 1. The summed E-state index contributed by atoms with van der Waals surface area (Å²) >= 11 is 0. The Balaban J connectivity index is 1.86. The maximum atomic E-state index is 13.5. The fourth-order valence-corrected chi connectivity index (χ4v) is 3.37. The number of nitrogens with two attached hydrogens (primary N) is 1. The van der Waals surface area contributed by atoms with Crippen LogP contribution in [0.4, 0.5) is 0 Å². The van der Waals surface area contributed by atoms with Gasteiger partial charge < -0.3 is 30.2 Å². The zero-order chi connectivity index (χ0) is 24.5. The number of carboxylic acids is 1. The summed E-state index contributed by atoms with van der Waals surface area (Å²) in [5.74, 6) is -3.72. The SMILES string of the molecule is COc1ccc(CN(CC(=O)O)C(=O)[C@@H](C(=O)OCc2ccccc2)C(N)c2cnc[nH]2)cc1. The van der Waals surface area contributed by atoms with Crippen molar-refractivity contribution in [1.82, 2.24) is 14.9 Å². The molecular formula is C24H26N4O6. The molecule has 0 bridgehead atoms. The van der Waals surface area contributed by atoms with Crippen LogP contribution in [-0.4, -0.2) is 51.5 Å². The molecule has 3 aromatic rings. The Morgan fingerprint density at radius 1 is 1.09 bits per heavy atom. The van der Waals surface area contributed by atoms with Gasteiger partial charge in [-0.1, -0.05) is 42.5 Å². The second kappa shape index (κ2) is 11.6. The lowest BCUT2D eigenvalue weighted by atomic mass is 9.96. The largest absolute Gasteiger partial charge is 0.497 e. The summed E-state index contributed by atoms with van der Waals surface area (Å²) in [7, 11) is 1.53. The molecule has 1 unspecified atom stereocenters. The van der Waals surface area contributed by atoms with E-state index in [1.165, 1.54) is 19.6 Å². The van der Waals surface area contributed by atoms with Gasteiger partial charge >= 0.3 is 11.9 Å². The number of nitrogens with zero attached hydrogens (tertiary/aromatic N) is 2. The molecule has 34 heavy (non-hydrogen) atoms. The van der Waals surface area contributed by atoms with Gasteiger partial charge in [-0.05, 0) is 23.3 Å². The number of amides is 1. The molecule has 0 spiro atoms. The number of aromatic nitrogens is 2. The number of imidazole rings is 1. The van der Waals surface area contributed by atoms with E-state index in [-0.39, 0.29) is 13.2 Å². The summed E-state index contributed by atoms with van der Waals surface area (Å²) < 4.78 is 10.5. The van der Waals surface area contributed by atoms with Crippen molar-refractivity contribution in [3.8, 4) is 5.75 Å². The molecule has 0 aliphatic rings. The van der Waals surface area contributed by atoms with E-state index in [0.29, 0.717) is 17.0 Å². The van der Waals surface area contributed by atoms with Crippen LogP contribution in [0.3, 0.4) is 0 Å². The highest BCUT2D eigenvalue weighted by Gasteiger charge is 2.39. The third-order valence-electron chi connectivity index (χ3n) is 5.15. The molecule has 2 aromatic carbocycles. The summed E-state index contributed by atoms with van der Waals surface area (Å²) in [5, 5.41) is 9.41. The number of methoxy groups -OCH3 is 1. The van der Waals surface area contributed by atoms with Crippen LogP contribution in [0.1, 0.15) is 22.9 Å². The molecule has 0 saturated carbocycles. The first-order valence-corrected chi connectivity index (χ1v) is 10.5. The normalized spacial score (nSPS) is 12.4. The van der Waals surface area contributed by atoms with Crippen LogP contribution in [0.25, 0.3) is 0 Å². The zero-order valence-corrected chi connectivity index (χ0v) is 18.6. The molecule has 0 aliphatic heterocycles. The molecular weight excluding hydrogens is 440 g/mol. The molecule has 1 aromatic heterocycles. The van der Waals surface area contributed by atoms with Crippen molar-refractivity contribution in [2.24, 2.45) is 11.7 Å². The third kappa shape index (κ3) is 6.42. The Kier molecular flexibility index (Phi) is 8.36. The van der Waals surface area contributed by atoms with Crippen molar-refractivity contribution >= 4 is 17.8 Å². The molecule has 4 N–H and O–H groups in total. The molecule has 2 atom stereocenters. The predicted molar refractivity (Wildman–Crippen MR) is 121 cm³/mol. The van der Waals surface area contributed by atoms with Crippen molar-refractivity contribution < 1.29 is 29.0 Å². The van der Waals surface area contributed by atoms with E-state index in [1.54, 1.807) is 48.5 Å². The average molecular weight is 466 g/mol. The fourth-order valence-electron chi connectivity index (χ4n) is 3.37. The molecule has 1 amide bonds. The Labute approximate surface area is 196 Å². The highest BCUT2D eigenvalue weighted by atomic mass is 16.5. The van der Waals surface area contributed by atoms with Crippen LogP contribution in [0, 0.1) is 5.92 Å². The number of ether oxygens (including phenoxy) is 2. The van der Waals surface area contributed by atoms with Crippen molar-refractivity contribution in [3.05, 3.63) is 83.9 Å². The van der Waals surface area contributed by atoms with Gasteiger partial charge in [-0.25, -0.2) is 4.98 Å². The van der Waals surface area contributed by atoms with E-state index >= 15 is 0 Å². The number of aliphatic carboxylic acids is 1. The Hall–Kier alpha value is -4.18. The van der Waals surface area contributed by atoms with Gasteiger partial charge in [0.1, 0.15) is 18.9 Å². The van der Waals surface area contributed by atoms with Crippen molar-refractivity contribution in [2.45, 2.75) is 19.2 Å². The van der Waals surface area contributed by atoms with E-state index in [2.05, 4.69) is 9.97 Å². The smallest absolute Gasteiger partial charge is 0.323 e. The predicted octanol–water partition coefficient (Wildman–Crippen LogP) is 1.89. The quantitative estimate of drug-likeness (QED) is 0.287. The van der Waals surface area contributed by atoms with Crippen LogP contribution in [-0.2, 0) is 32.3 Å². The van der Waals surface area contributed by atoms with Crippen molar-refractivity contribution in [1.29, 1.82) is 0 Å². The first-order valence-electron chi connectivity index (χ1n) is 10.5. The standard InChI is InChI=1S/C24H26N4O6/c1-33-18-9-7-16(8-10-18)12-28(13-20(29)30)23(31)21(22(25)19-11-26-15-27-19)24(32)34-14-17-5-3-2-4-6-17/h2-11,15,21-22H,12-14,25H2,1H3,(H,26,27)(H,29,30)/t21-,22?/m0/s1. The molecule has 10 heteroatoms. The number of carbonyl (C=O) groups excluding carboxylic acids is 2. The molecule has 0 aliphatic carbocycles. The topological polar surface area (TPSA) is 148 Å². The second-order valence-electron chi connectivity index (χ2n) is 7.54. The van der Waals surface area contributed by atoms with E-state index in [4.69, 9.17) is 15.2 Å². The average Bonchev–Trinajstić information content (AvgIpc) is 3.38. The van der Waals surface area contributed by atoms with E-state index in [0.717, 1.165) is 10.5 Å². The fraction of sp³-hybridized carbons (Fsp3) is 0.250. The second-order valence-corrected chi connectivity index (χ2v) is 7.54. The van der Waals surface area contributed by atoms with Crippen LogP contribution in [0.2, 0.25) is 0 Å². The summed E-state index contributed by atoms with van der Waals surface area (Å²) in [6.07, 6.45) is 2.78. The maximum absolute atomic E-state index is 13.5. The summed E-state index contributed by atoms with van der Waals surface area (Å²) in [4.78, 5) is 45.9. The monoisotopic (exact) mass is 466 g/mol. The van der Waals surface area contributed by atoms with Crippen LogP contribution in [0.5, 0.6) is 5.75 Å². The molecule has 3 rings (SSSR count). The van der Waals surface area contributed by atoms with Crippen LogP contribution >= 0.6 is 0 Å². The van der Waals surface area contributed by atoms with Gasteiger partial charge in [-0.15, -0.1) is 0 Å². The van der Waals surface area contributed by atoms with E-state index < -0.39 is 36.4 Å². The van der Waals surface area contributed by atoms with Crippen molar-refractivity contribution in [2.75, 3.05) is 13.7 Å². The van der Waals surface area contributed by atoms with Gasteiger partial charge in [0.15, 0.2) is 5.92 Å². The molecule has 0 fully saturated rings. The number of nitrogens with one attached hydrogen (secondary N) is 1. The van der Waals surface area contributed by atoms with Crippen molar-refractivity contribution in [3.63, 3.8) is 0 Å². The number of carboxylic acid groups (broad SMARTS) is 1. The maximum Gasteiger partial charge on any atom is 0.323 e. The number of carbonyl (C=O) groups is 3. The molecule has 0 radical (unpaired) electrons. The highest BCUT2D eigenvalue weighted by molar-refractivity contribution is 5.99. The lowest BCUT2D eigenvalue weighted by molar-refractivity contribution is -0.160. The van der Waals surface area contributed by atoms with E-state index in [9.17, 15) is 19.5 Å². The number of benzene rings is 2. The molecule has 178 valence electrons. The zero-order valence-electron chi connectivity index (χ0n) is 18.6. The molecule has 10 nitrogen and oxygen atoms in total. The van der Waals surface area contributed by atoms with Gasteiger partial charge in [-0.3, -0.25) is 14.4 Å². The molecule has 1 heterocycles. The highest BCUT2D eigenvalue weighted by Crippen LogP contribution is 2.24. The van der Waals surface area contributed by atoms with Gasteiger partial charge in [0, 0.05) is 12.7 Å². The van der Waals surface area contributed by atoms with Gasteiger partial charge in [0.2, 0.25) is 5.91 Å². The van der Waals surface area contributed by atoms with Gasteiger partial charge in [0.25, 0.3) is 0 Å². The lowest BCUT2D eigenvalue weighted by Gasteiger charge is -2.28. The minimum atomic E-state index is -1.48. The molecule has 0 saturated heterocycles. The summed E-state index contributed by atoms with van der Waals surface area (Å²) in [6.45, 7) is -0.729. The number of rotatable bonds is 11. The number of hydrogen-bond acceptors (Lipinski definition) is 7. The minimum Gasteiger partial charge on any atom is -0.497 e. The summed E-state index contributed by atoms with van der Waals surface area (Å²) in [5.41, 5.74) is 8.00. The Morgan fingerprint density at radius 3 is 2.38 bits per heavy atom. The third-order valence-corrected chi connectivity index (χ3v) is 5.15. The van der Waals surface area contributed by atoms with Gasteiger partial charge in [0.05, 0.1) is 25.2 Å². The first kappa shape index (κ1) is 24.5. The summed E-state index contributed by atoms with van der Waals surface area (Å²) in [6, 6.07) is 14.7. The number of hydrogen-bond donors (Lipinski definition) is 3. The minimum absolute atomic E-state index is 0.0483. The van der Waals surface area contributed by atoms with Crippen LogP contribution < -0.4 is 10.5 Å². The number of aromatic amines is 1. The first-order chi connectivity index (χ1) is 16.4. The van der Waals surface area contributed by atoms with Crippen LogP contribution in [0.15, 0.2) is 67.1 Å². The van der Waals surface area contributed by atoms with Gasteiger partial charge in [-0.2, -0.15) is 0 Å². The Morgan fingerprint density at radius 2 is 1.79 bits per heavy atom.